The van der Waals surface area contributed by atoms with Crippen molar-refractivity contribution in [3.05, 3.63) is 41.5 Å². The zero-order chi connectivity index (χ0) is 11.9. The van der Waals surface area contributed by atoms with Gasteiger partial charge in [0.25, 0.3) is 0 Å². The van der Waals surface area contributed by atoms with Crippen LogP contribution in [-0.4, -0.2) is 15.7 Å². The fourth-order valence-corrected chi connectivity index (χ4v) is 2.12. The van der Waals surface area contributed by atoms with Crippen molar-refractivity contribution in [1.82, 2.24) is 0 Å². The molecule has 0 amide bonds. The molecule has 0 spiro atoms. The summed E-state index contributed by atoms with van der Waals surface area (Å²) >= 11 is 0. The maximum atomic E-state index is 5.99. The van der Waals surface area contributed by atoms with E-state index < -0.39 is 0 Å². The van der Waals surface area contributed by atoms with Gasteiger partial charge in [0.1, 0.15) is 15.7 Å². The molecule has 0 fully saturated rings. The van der Waals surface area contributed by atoms with Gasteiger partial charge >= 0.3 is 0 Å². The lowest BCUT2D eigenvalue weighted by Gasteiger charge is -2.13. The number of fused-ring (bicyclic) bond motifs is 1. The third-order valence-electron chi connectivity index (χ3n) is 3.04. The Kier molecular flexibility index (Phi) is 2.67. The molecule has 0 aliphatic rings. The van der Waals surface area contributed by atoms with Crippen LogP contribution in [-0.2, 0) is 0 Å². The predicted octanol–water partition coefficient (Wildman–Crippen LogP) is 1.69. The van der Waals surface area contributed by atoms with Gasteiger partial charge in [0.15, 0.2) is 0 Å². The third-order valence-corrected chi connectivity index (χ3v) is 3.04. The zero-order valence-electron chi connectivity index (χ0n) is 9.67. The van der Waals surface area contributed by atoms with E-state index in [1.807, 2.05) is 38.1 Å². The van der Waals surface area contributed by atoms with Crippen molar-refractivity contribution in [3.8, 4) is 0 Å². The number of hydrogen-bond donors (Lipinski definition) is 0. The van der Waals surface area contributed by atoms with Crippen LogP contribution in [0.5, 0.6) is 0 Å². The Balaban J connectivity index is 3.02. The molecule has 0 aliphatic heterocycles. The molecule has 74 valence electrons. The number of rotatable bonds is 1. The molecule has 0 heterocycles. The minimum Gasteiger partial charge on any atom is -0.0984 e. The van der Waals surface area contributed by atoms with Gasteiger partial charge in [-0.15, -0.1) is 0 Å². The second-order valence-electron chi connectivity index (χ2n) is 4.14. The van der Waals surface area contributed by atoms with E-state index in [-0.39, 0.29) is 0 Å². The highest BCUT2D eigenvalue weighted by atomic mass is 14.1. The van der Waals surface area contributed by atoms with Gasteiger partial charge < -0.3 is 0 Å². The molecule has 0 saturated heterocycles. The fraction of sp³-hybridized carbons (Fsp3) is 0.143. The van der Waals surface area contributed by atoms with E-state index >= 15 is 0 Å². The van der Waals surface area contributed by atoms with E-state index in [1.54, 1.807) is 0 Å². The molecule has 0 aliphatic carbocycles. The summed E-state index contributed by atoms with van der Waals surface area (Å²) in [6, 6.07) is 5.95. The molecule has 0 atom stereocenters. The topological polar surface area (TPSA) is 0 Å². The van der Waals surface area contributed by atoms with E-state index in [0.717, 1.165) is 38.4 Å². The Hall–Kier alpha value is -1.43. The molecule has 0 N–H and O–H groups in total. The highest BCUT2D eigenvalue weighted by molar-refractivity contribution is 6.36. The maximum Gasteiger partial charge on any atom is 0.114 e. The van der Waals surface area contributed by atoms with Gasteiger partial charge in [0.05, 0.1) is 0 Å². The van der Waals surface area contributed by atoms with Crippen LogP contribution in [0.3, 0.4) is 0 Å². The fourth-order valence-electron chi connectivity index (χ4n) is 2.12. The lowest BCUT2D eigenvalue weighted by Crippen LogP contribution is -2.11. The molecule has 16 heavy (non-hydrogen) atoms. The summed E-state index contributed by atoms with van der Waals surface area (Å²) in [5.41, 5.74) is 4.86. The molecule has 0 aromatic heterocycles. The summed E-state index contributed by atoms with van der Waals surface area (Å²) in [7, 11) is 11.9. The second-order valence-corrected chi connectivity index (χ2v) is 4.14. The molecule has 2 aromatic rings. The van der Waals surface area contributed by atoms with Crippen LogP contribution >= 0.6 is 0 Å². The van der Waals surface area contributed by atoms with Crippen molar-refractivity contribution >= 4 is 43.5 Å². The molecule has 4 radical (unpaired) electrons. The zero-order valence-corrected chi connectivity index (χ0v) is 9.67. The molecule has 2 aromatic carbocycles. The highest BCUT2D eigenvalue weighted by Crippen LogP contribution is 2.23. The van der Waals surface area contributed by atoms with E-state index in [1.165, 1.54) is 0 Å². The molecule has 2 heteroatoms. The Labute approximate surface area is 99.2 Å². The average Bonchev–Trinajstić information content (AvgIpc) is 2.22. The van der Waals surface area contributed by atoms with Crippen LogP contribution in [0.4, 0.5) is 0 Å². The van der Waals surface area contributed by atoms with Crippen LogP contribution < -0.4 is 10.9 Å². The normalized spacial score (nSPS) is 10.6. The van der Waals surface area contributed by atoms with Gasteiger partial charge in [-0.25, -0.2) is 0 Å². The Morgan fingerprint density at radius 2 is 1.75 bits per heavy atom. The van der Waals surface area contributed by atoms with Crippen LogP contribution in [0.25, 0.3) is 16.8 Å². The maximum absolute atomic E-state index is 5.99. The number of aryl methyl sites for hydroxylation is 1. The first-order chi connectivity index (χ1) is 7.54. The van der Waals surface area contributed by atoms with Crippen LogP contribution in [0.1, 0.15) is 16.7 Å². The molecule has 2 rings (SSSR count). The smallest absolute Gasteiger partial charge is 0.0984 e. The van der Waals surface area contributed by atoms with Gasteiger partial charge in [-0.2, -0.15) is 0 Å². The second kappa shape index (κ2) is 3.86. The average molecular weight is 202 g/mol. The van der Waals surface area contributed by atoms with Gasteiger partial charge in [0, 0.05) is 0 Å². The van der Waals surface area contributed by atoms with Crippen molar-refractivity contribution in [3.63, 3.8) is 0 Å². The van der Waals surface area contributed by atoms with Crippen LogP contribution in [0.2, 0.25) is 0 Å². The summed E-state index contributed by atoms with van der Waals surface area (Å²) in [6.45, 7) is 7.89. The molecular weight excluding hydrogens is 190 g/mol. The Morgan fingerprint density at radius 3 is 2.38 bits per heavy atom. The minimum atomic E-state index is 0.775. The summed E-state index contributed by atoms with van der Waals surface area (Å²) in [4.78, 5) is 0. The molecule has 0 unspecified atom stereocenters. The Morgan fingerprint density at radius 1 is 1.06 bits per heavy atom. The van der Waals surface area contributed by atoms with Gasteiger partial charge in [0.2, 0.25) is 0 Å². The standard InChI is InChI=1S/C14H12B2/c1-4-11-9(3)14(16)7-12-8(2)5-10(15)6-13(11)12/h4-7H,1H2,2-3H3. The lowest BCUT2D eigenvalue weighted by atomic mass is 9.82. The van der Waals surface area contributed by atoms with E-state index in [2.05, 4.69) is 6.58 Å². The van der Waals surface area contributed by atoms with Crippen molar-refractivity contribution in [1.29, 1.82) is 0 Å². The van der Waals surface area contributed by atoms with Crippen LogP contribution in [0.15, 0.2) is 24.8 Å². The Bertz CT molecular complexity index is 583. The first-order valence-electron chi connectivity index (χ1n) is 5.26. The number of hydrogen-bond acceptors (Lipinski definition) is 0. The summed E-state index contributed by atoms with van der Waals surface area (Å²) < 4.78 is 0. The highest BCUT2D eigenvalue weighted by Gasteiger charge is 2.07. The van der Waals surface area contributed by atoms with E-state index in [4.69, 9.17) is 15.7 Å². The SMILES string of the molecule is [B]c1cc(C)c2cc([B])c(C)c(C=C)c2c1. The van der Waals surface area contributed by atoms with Gasteiger partial charge in [-0.3, -0.25) is 0 Å². The molecular formula is C14H12B2. The minimum absolute atomic E-state index is 0.775. The van der Waals surface area contributed by atoms with Crippen molar-refractivity contribution in [2.45, 2.75) is 13.8 Å². The first-order valence-corrected chi connectivity index (χ1v) is 5.26. The lowest BCUT2D eigenvalue weighted by molar-refractivity contribution is 1.49. The van der Waals surface area contributed by atoms with Crippen molar-refractivity contribution < 1.29 is 0 Å². The summed E-state index contributed by atoms with van der Waals surface area (Å²) in [6.07, 6.45) is 1.84. The van der Waals surface area contributed by atoms with E-state index in [0.29, 0.717) is 0 Å². The van der Waals surface area contributed by atoms with Crippen molar-refractivity contribution in [2.75, 3.05) is 0 Å². The van der Waals surface area contributed by atoms with Gasteiger partial charge in [-0.1, -0.05) is 47.3 Å². The summed E-state index contributed by atoms with van der Waals surface area (Å²) in [5, 5.41) is 2.27. The largest absolute Gasteiger partial charge is 0.114 e. The molecule has 0 saturated carbocycles. The molecule has 0 bridgehead atoms. The predicted molar refractivity (Wildman–Crippen MR) is 74.3 cm³/mol. The van der Waals surface area contributed by atoms with Crippen molar-refractivity contribution in [2.24, 2.45) is 0 Å². The number of benzene rings is 2. The van der Waals surface area contributed by atoms with E-state index in [9.17, 15) is 0 Å². The monoisotopic (exact) mass is 202 g/mol. The molecule has 0 nitrogen and oxygen atoms in total. The quantitative estimate of drug-likeness (QED) is 0.617. The first kappa shape index (κ1) is 11.1. The van der Waals surface area contributed by atoms with Crippen LogP contribution in [0, 0.1) is 13.8 Å². The summed E-state index contributed by atoms with van der Waals surface area (Å²) in [5.74, 6) is 0. The van der Waals surface area contributed by atoms with Gasteiger partial charge in [-0.05, 0) is 35.7 Å². The third kappa shape index (κ3) is 1.59.